The smallest absolute Gasteiger partial charge is 0.410 e. The number of carbonyl (C=O) groups excluding carboxylic acids is 3. The Labute approximate surface area is 310 Å². The van der Waals surface area contributed by atoms with Crippen LogP contribution in [0.2, 0.25) is 0 Å². The Morgan fingerprint density at radius 1 is 0.846 bits per heavy atom. The number of alkyl carbamates (subject to hydrolysis) is 1. The lowest BCUT2D eigenvalue weighted by Gasteiger charge is -2.30. The third-order valence-corrected chi connectivity index (χ3v) is 12.1. The summed E-state index contributed by atoms with van der Waals surface area (Å²) in [6.07, 6.45) is 6.27. The van der Waals surface area contributed by atoms with Crippen molar-refractivity contribution in [1.82, 2.24) is 35.1 Å². The molecule has 0 radical (unpaired) electrons. The Morgan fingerprint density at radius 3 is 2.08 bits per heavy atom. The predicted octanol–water partition coefficient (Wildman–Crippen LogP) is 8.38. The van der Waals surface area contributed by atoms with Crippen molar-refractivity contribution in [1.29, 1.82) is 0 Å². The monoisotopic (exact) mass is 743 g/mol. The van der Waals surface area contributed by atoms with Crippen LogP contribution in [0, 0.1) is 11.8 Å². The van der Waals surface area contributed by atoms with E-state index in [4.69, 9.17) is 9.47 Å². The molecule has 274 valence electrons. The summed E-state index contributed by atoms with van der Waals surface area (Å²) in [6.45, 7) is 9.59. The molecule has 4 aromatic heterocycles. The highest BCUT2D eigenvalue weighted by Crippen LogP contribution is 2.42. The molecule has 0 saturated carbocycles. The standard InChI is InChI=1S/C38H45N7O5S2/c1-21(2)20-50-38(48)45-15-7-9-28(45)35-40-19-26(42-35)30-17-32-31(52-30)16-29(51-32)24-12-10-23(11-13-24)25-18-39-34(41-25)27-8-6-14-44(27)36(46)33(22(3)4)43-37(47)49-5/h10-13,16-19,21-22,27-28,33H,6-9,14-15,20H2,1-5H3,(H,39,41)(H,40,42)(H,43,47). The number of nitrogens with zero attached hydrogens (tertiary/aromatic N) is 4. The molecule has 52 heavy (non-hydrogen) atoms. The summed E-state index contributed by atoms with van der Waals surface area (Å²) in [5, 5.41) is 2.70. The lowest BCUT2D eigenvalue weighted by molar-refractivity contribution is -0.135. The van der Waals surface area contributed by atoms with Crippen molar-refractivity contribution in [3.8, 4) is 32.3 Å². The number of aromatic amines is 2. The van der Waals surface area contributed by atoms with E-state index in [9.17, 15) is 14.4 Å². The molecule has 2 fully saturated rings. The molecule has 1 aromatic carbocycles. The lowest BCUT2D eigenvalue weighted by atomic mass is 10.0. The maximum Gasteiger partial charge on any atom is 0.410 e. The van der Waals surface area contributed by atoms with E-state index in [0.717, 1.165) is 64.7 Å². The third-order valence-electron chi connectivity index (χ3n) is 9.73. The van der Waals surface area contributed by atoms with Crippen LogP contribution in [0.5, 0.6) is 0 Å². The molecular weight excluding hydrogens is 699 g/mol. The molecule has 7 rings (SSSR count). The number of hydrogen-bond acceptors (Lipinski definition) is 9. The molecule has 2 saturated heterocycles. The number of fused-ring (bicyclic) bond motifs is 1. The lowest BCUT2D eigenvalue weighted by Crippen LogP contribution is -2.51. The number of rotatable bonds is 10. The molecule has 12 nitrogen and oxygen atoms in total. The van der Waals surface area contributed by atoms with Crippen LogP contribution in [0.15, 0.2) is 48.8 Å². The summed E-state index contributed by atoms with van der Waals surface area (Å²) in [5.41, 5.74) is 3.99. The van der Waals surface area contributed by atoms with E-state index < -0.39 is 12.1 Å². The zero-order valence-corrected chi connectivity index (χ0v) is 31.7. The van der Waals surface area contributed by atoms with E-state index >= 15 is 0 Å². The van der Waals surface area contributed by atoms with Gasteiger partial charge in [0.15, 0.2) is 0 Å². The van der Waals surface area contributed by atoms with Crippen LogP contribution in [0.25, 0.3) is 41.7 Å². The predicted molar refractivity (Wildman–Crippen MR) is 203 cm³/mol. The minimum Gasteiger partial charge on any atom is -0.453 e. The fourth-order valence-electron chi connectivity index (χ4n) is 6.99. The molecule has 14 heteroatoms. The van der Waals surface area contributed by atoms with E-state index in [1.807, 2.05) is 45.0 Å². The molecule has 3 unspecified atom stereocenters. The number of nitrogens with one attached hydrogen (secondary N) is 3. The number of amides is 3. The number of hydrogen-bond donors (Lipinski definition) is 3. The van der Waals surface area contributed by atoms with Crippen molar-refractivity contribution in [2.24, 2.45) is 11.8 Å². The maximum atomic E-state index is 13.5. The van der Waals surface area contributed by atoms with E-state index in [2.05, 4.69) is 61.7 Å². The Kier molecular flexibility index (Phi) is 10.4. The van der Waals surface area contributed by atoms with Crippen LogP contribution in [0.1, 0.15) is 77.1 Å². The molecule has 3 N–H and O–H groups in total. The summed E-state index contributed by atoms with van der Waals surface area (Å²) in [6, 6.07) is 11.9. The maximum absolute atomic E-state index is 13.5. The van der Waals surface area contributed by atoms with Gasteiger partial charge >= 0.3 is 12.2 Å². The number of methoxy groups -OCH3 is 1. The second-order valence-electron chi connectivity index (χ2n) is 14.3. The Bertz CT molecular complexity index is 2010. The van der Waals surface area contributed by atoms with Crippen LogP contribution in [0.3, 0.4) is 0 Å². The number of ether oxygens (including phenoxy) is 2. The normalized spacial score (nSPS) is 18.1. The number of carbonyl (C=O) groups is 3. The van der Waals surface area contributed by atoms with Crippen molar-refractivity contribution in [3.05, 3.63) is 60.4 Å². The number of thiophene rings is 2. The Hall–Kier alpha value is -4.69. The summed E-state index contributed by atoms with van der Waals surface area (Å²) < 4.78 is 12.7. The molecule has 0 spiro atoms. The average molecular weight is 744 g/mol. The zero-order chi connectivity index (χ0) is 36.5. The fraction of sp³-hybridized carbons (Fsp3) is 0.447. The van der Waals surface area contributed by atoms with Gasteiger partial charge in [0.1, 0.15) is 17.7 Å². The van der Waals surface area contributed by atoms with Crippen LogP contribution in [-0.2, 0) is 14.3 Å². The number of H-pyrrole nitrogens is 2. The zero-order valence-electron chi connectivity index (χ0n) is 30.1. The van der Waals surface area contributed by atoms with Gasteiger partial charge in [-0.2, -0.15) is 0 Å². The number of imidazole rings is 2. The van der Waals surface area contributed by atoms with Crippen LogP contribution in [0.4, 0.5) is 9.59 Å². The molecule has 6 heterocycles. The van der Waals surface area contributed by atoms with Gasteiger partial charge in [-0.25, -0.2) is 19.6 Å². The molecule has 0 aliphatic carbocycles. The fourth-order valence-corrected chi connectivity index (χ4v) is 9.36. The van der Waals surface area contributed by atoms with Crippen molar-refractivity contribution in [2.75, 3.05) is 26.8 Å². The topological polar surface area (TPSA) is 146 Å². The van der Waals surface area contributed by atoms with E-state index in [0.29, 0.717) is 25.6 Å². The first-order valence-corrected chi connectivity index (χ1v) is 19.6. The minimum atomic E-state index is -0.673. The van der Waals surface area contributed by atoms with Gasteiger partial charge in [-0.15, -0.1) is 22.7 Å². The van der Waals surface area contributed by atoms with Gasteiger partial charge in [0, 0.05) is 27.4 Å². The third kappa shape index (κ3) is 7.31. The molecule has 5 aromatic rings. The molecule has 0 bridgehead atoms. The first-order valence-electron chi connectivity index (χ1n) is 17.9. The first kappa shape index (κ1) is 35.7. The summed E-state index contributed by atoms with van der Waals surface area (Å²) in [5.74, 6) is 1.62. The molecule has 2 aliphatic heterocycles. The minimum absolute atomic E-state index is 0.0910. The van der Waals surface area contributed by atoms with E-state index in [1.54, 1.807) is 27.6 Å². The van der Waals surface area contributed by atoms with Crippen molar-refractivity contribution in [2.45, 2.75) is 71.5 Å². The average Bonchev–Trinajstić information content (AvgIpc) is 3.97. The SMILES string of the molecule is COC(=O)NC(C(=O)N1CCCC1c1ncc(-c2ccc(-c3cc4sc(-c5cnc(C6CCCN6C(=O)OCC(C)C)[nH]5)cc4s3)cc2)[nH]1)C(C)C. The van der Waals surface area contributed by atoms with E-state index in [-0.39, 0.29) is 30.0 Å². The number of aromatic nitrogens is 4. The van der Waals surface area contributed by atoms with Gasteiger partial charge in [0.25, 0.3) is 0 Å². The number of likely N-dealkylation sites (tertiary alicyclic amines) is 2. The van der Waals surface area contributed by atoms with Gasteiger partial charge in [0.05, 0.1) is 54.5 Å². The molecule has 3 amide bonds. The highest BCUT2D eigenvalue weighted by Gasteiger charge is 2.38. The summed E-state index contributed by atoms with van der Waals surface area (Å²) >= 11 is 3.49. The van der Waals surface area contributed by atoms with Crippen LogP contribution in [-0.4, -0.2) is 80.7 Å². The highest BCUT2D eigenvalue weighted by molar-refractivity contribution is 7.31. The van der Waals surface area contributed by atoms with Crippen LogP contribution >= 0.6 is 22.7 Å². The Morgan fingerprint density at radius 2 is 1.42 bits per heavy atom. The van der Waals surface area contributed by atoms with Gasteiger partial charge in [-0.3, -0.25) is 9.69 Å². The Balaban J connectivity index is 1.01. The van der Waals surface area contributed by atoms with E-state index in [1.165, 1.54) is 21.4 Å². The van der Waals surface area contributed by atoms with Crippen molar-refractivity contribution in [3.63, 3.8) is 0 Å². The summed E-state index contributed by atoms with van der Waals surface area (Å²) in [7, 11) is 1.30. The van der Waals surface area contributed by atoms with Gasteiger partial charge < -0.3 is 29.7 Å². The van der Waals surface area contributed by atoms with Crippen molar-refractivity contribution < 1.29 is 23.9 Å². The molecule has 3 atom stereocenters. The quantitative estimate of drug-likeness (QED) is 0.130. The highest BCUT2D eigenvalue weighted by atomic mass is 32.1. The largest absolute Gasteiger partial charge is 0.453 e. The second kappa shape index (κ2) is 15.1. The number of benzene rings is 1. The summed E-state index contributed by atoms with van der Waals surface area (Å²) in [4.78, 5) is 60.4. The van der Waals surface area contributed by atoms with Crippen LogP contribution < -0.4 is 5.32 Å². The molecule has 2 aliphatic rings. The van der Waals surface area contributed by atoms with Gasteiger partial charge in [-0.1, -0.05) is 52.0 Å². The van der Waals surface area contributed by atoms with Gasteiger partial charge in [0.2, 0.25) is 5.91 Å². The van der Waals surface area contributed by atoms with Gasteiger partial charge in [-0.05, 0) is 60.8 Å². The van der Waals surface area contributed by atoms with Crippen molar-refractivity contribution >= 4 is 50.2 Å². The molecular formula is C38H45N7O5S2. The first-order chi connectivity index (χ1) is 25.1. The second-order valence-corrected chi connectivity index (χ2v) is 16.4.